The molecule has 2 heterocycles. The second-order valence-corrected chi connectivity index (χ2v) is 8.34. The van der Waals surface area contributed by atoms with Gasteiger partial charge in [0, 0.05) is 36.4 Å². The van der Waals surface area contributed by atoms with E-state index in [9.17, 15) is 14.7 Å². The quantitative estimate of drug-likeness (QED) is 0.586. The lowest BCUT2D eigenvalue weighted by molar-refractivity contribution is 0.0697. The third-order valence-electron chi connectivity index (χ3n) is 5.41. The van der Waals surface area contributed by atoms with Crippen LogP contribution in [0.4, 0.5) is 11.5 Å². The summed E-state index contributed by atoms with van der Waals surface area (Å²) in [6.07, 6.45) is 1.54. The Morgan fingerprint density at radius 3 is 2.41 bits per heavy atom. The number of nitrogens with zero attached hydrogens (tertiary/aromatic N) is 3. The van der Waals surface area contributed by atoms with Gasteiger partial charge in [-0.15, -0.1) is 0 Å². The van der Waals surface area contributed by atoms with Crippen molar-refractivity contribution in [2.45, 2.75) is 6.04 Å². The Morgan fingerprint density at radius 2 is 1.72 bits per heavy atom. The number of halogens is 2. The van der Waals surface area contributed by atoms with Gasteiger partial charge in [-0.2, -0.15) is 0 Å². The Kier molecular flexibility index (Phi) is 6.21. The van der Waals surface area contributed by atoms with Crippen LogP contribution < -0.4 is 10.6 Å². The average Bonchev–Trinajstić information content (AvgIpc) is 2.79. The number of carboxylic acids is 1. The summed E-state index contributed by atoms with van der Waals surface area (Å²) >= 11 is 12.1. The summed E-state index contributed by atoms with van der Waals surface area (Å²) in [5.41, 5.74) is 8.00. The van der Waals surface area contributed by atoms with Crippen molar-refractivity contribution < 1.29 is 14.7 Å². The molecule has 0 spiro atoms. The first kappa shape index (κ1) is 21.9. The number of piperazine rings is 1. The molecule has 1 amide bonds. The number of amides is 1. The number of carboxylic acid groups (broad SMARTS) is 1. The first-order valence-corrected chi connectivity index (χ1v) is 10.6. The maximum atomic E-state index is 13.2. The van der Waals surface area contributed by atoms with E-state index in [1.807, 2.05) is 17.0 Å². The third kappa shape index (κ3) is 4.49. The number of hydrogen-bond acceptors (Lipinski definition) is 5. The molecule has 1 aromatic heterocycles. The topological polar surface area (TPSA) is 99.8 Å². The summed E-state index contributed by atoms with van der Waals surface area (Å²) in [5, 5.41) is 10.3. The standard InChI is InChI=1S/C23H20Cl2N4O3/c24-17-6-4-14(5-7-17)20-13-28(22(30)15-2-1-3-16(10-15)23(31)32)8-9-29(20)21-19(26)11-18(25)12-27-21/h1-7,10-12,20H,8-9,13,26H2,(H,31,32). The molecule has 7 nitrogen and oxygen atoms in total. The second kappa shape index (κ2) is 9.06. The number of benzene rings is 2. The van der Waals surface area contributed by atoms with Crippen molar-refractivity contribution in [3.05, 3.63) is 87.5 Å². The molecule has 3 N–H and O–H groups in total. The van der Waals surface area contributed by atoms with E-state index in [1.54, 1.807) is 41.4 Å². The lowest BCUT2D eigenvalue weighted by Gasteiger charge is -2.42. The Labute approximate surface area is 195 Å². The fraction of sp³-hybridized carbons (Fsp3) is 0.174. The number of nitrogen functional groups attached to an aromatic ring is 1. The highest BCUT2D eigenvalue weighted by Gasteiger charge is 2.33. The van der Waals surface area contributed by atoms with Crippen LogP contribution in [0.1, 0.15) is 32.3 Å². The number of nitrogens with two attached hydrogens (primary N) is 1. The van der Waals surface area contributed by atoms with Gasteiger partial charge < -0.3 is 20.6 Å². The zero-order valence-corrected chi connectivity index (χ0v) is 18.4. The van der Waals surface area contributed by atoms with Crippen molar-refractivity contribution in [2.75, 3.05) is 30.3 Å². The van der Waals surface area contributed by atoms with Crippen molar-refractivity contribution >= 4 is 46.6 Å². The average molecular weight is 471 g/mol. The van der Waals surface area contributed by atoms with Crippen molar-refractivity contribution in [1.29, 1.82) is 0 Å². The van der Waals surface area contributed by atoms with Crippen LogP contribution in [0.15, 0.2) is 60.8 Å². The Balaban J connectivity index is 1.67. The SMILES string of the molecule is Nc1cc(Cl)cnc1N1CCN(C(=O)c2cccc(C(=O)O)c2)CC1c1ccc(Cl)cc1. The number of carbonyl (C=O) groups excluding carboxylic acids is 1. The summed E-state index contributed by atoms with van der Waals surface area (Å²) in [6, 6.07) is 14.9. The zero-order chi connectivity index (χ0) is 22.8. The van der Waals surface area contributed by atoms with Gasteiger partial charge in [0.1, 0.15) is 0 Å². The molecule has 2 aromatic carbocycles. The van der Waals surface area contributed by atoms with Crippen molar-refractivity contribution in [1.82, 2.24) is 9.88 Å². The van der Waals surface area contributed by atoms with Gasteiger partial charge in [-0.25, -0.2) is 9.78 Å². The van der Waals surface area contributed by atoms with Gasteiger partial charge >= 0.3 is 5.97 Å². The molecule has 1 atom stereocenters. The minimum absolute atomic E-state index is 0.0712. The van der Waals surface area contributed by atoms with Gasteiger partial charge in [-0.3, -0.25) is 4.79 Å². The van der Waals surface area contributed by atoms with Gasteiger partial charge in [0.05, 0.1) is 22.3 Å². The van der Waals surface area contributed by atoms with Crippen LogP contribution in [-0.4, -0.2) is 46.5 Å². The molecular formula is C23H20Cl2N4O3. The summed E-state index contributed by atoms with van der Waals surface area (Å²) in [5.74, 6) is -0.717. The first-order valence-electron chi connectivity index (χ1n) is 9.89. The lowest BCUT2D eigenvalue weighted by Crippen LogP contribution is -2.51. The van der Waals surface area contributed by atoms with Crippen LogP contribution in [0, 0.1) is 0 Å². The van der Waals surface area contributed by atoms with E-state index in [2.05, 4.69) is 4.98 Å². The van der Waals surface area contributed by atoms with Crippen molar-refractivity contribution in [2.24, 2.45) is 0 Å². The highest BCUT2D eigenvalue weighted by molar-refractivity contribution is 6.31. The van der Waals surface area contributed by atoms with Crippen LogP contribution in [0.3, 0.4) is 0 Å². The molecule has 1 aliphatic rings. The fourth-order valence-corrected chi connectivity index (χ4v) is 4.14. The minimum Gasteiger partial charge on any atom is -0.478 e. The molecule has 32 heavy (non-hydrogen) atoms. The van der Waals surface area contributed by atoms with Crippen molar-refractivity contribution in [3.8, 4) is 0 Å². The van der Waals surface area contributed by atoms with Crippen LogP contribution in [-0.2, 0) is 0 Å². The van der Waals surface area contributed by atoms with E-state index in [1.165, 1.54) is 12.1 Å². The summed E-state index contributed by atoms with van der Waals surface area (Å²) in [6.45, 7) is 1.27. The fourth-order valence-electron chi connectivity index (χ4n) is 3.85. The number of carbonyl (C=O) groups is 2. The maximum Gasteiger partial charge on any atom is 0.335 e. The van der Waals surface area contributed by atoms with E-state index in [-0.39, 0.29) is 17.5 Å². The predicted molar refractivity (Wildman–Crippen MR) is 125 cm³/mol. The van der Waals surface area contributed by atoms with Gasteiger partial charge in [-0.05, 0) is 42.0 Å². The molecule has 1 fully saturated rings. The van der Waals surface area contributed by atoms with Gasteiger partial charge in [0.15, 0.2) is 5.82 Å². The van der Waals surface area contributed by atoms with Crippen LogP contribution in [0.5, 0.6) is 0 Å². The molecule has 164 valence electrons. The molecule has 1 saturated heterocycles. The van der Waals surface area contributed by atoms with Crippen LogP contribution >= 0.6 is 23.2 Å². The van der Waals surface area contributed by atoms with Crippen LogP contribution in [0.25, 0.3) is 0 Å². The van der Waals surface area contributed by atoms with E-state index >= 15 is 0 Å². The summed E-state index contributed by atoms with van der Waals surface area (Å²) < 4.78 is 0. The zero-order valence-electron chi connectivity index (χ0n) is 16.9. The number of rotatable bonds is 4. The molecule has 0 saturated carbocycles. The number of aromatic carboxylic acids is 1. The molecule has 9 heteroatoms. The molecule has 3 aromatic rings. The lowest BCUT2D eigenvalue weighted by atomic mass is 10.0. The second-order valence-electron chi connectivity index (χ2n) is 7.46. The predicted octanol–water partition coefficient (Wildman–Crippen LogP) is 4.37. The van der Waals surface area contributed by atoms with E-state index in [0.29, 0.717) is 46.7 Å². The Hall–Kier alpha value is -3.29. The minimum atomic E-state index is -1.08. The third-order valence-corrected chi connectivity index (χ3v) is 5.87. The Morgan fingerprint density at radius 1 is 1.00 bits per heavy atom. The monoisotopic (exact) mass is 470 g/mol. The number of hydrogen-bond donors (Lipinski definition) is 2. The molecular weight excluding hydrogens is 451 g/mol. The number of aromatic nitrogens is 1. The Bertz CT molecular complexity index is 1170. The maximum absolute atomic E-state index is 13.2. The van der Waals surface area contributed by atoms with Gasteiger partial charge in [-0.1, -0.05) is 41.4 Å². The van der Waals surface area contributed by atoms with Crippen molar-refractivity contribution in [3.63, 3.8) is 0 Å². The van der Waals surface area contributed by atoms with E-state index < -0.39 is 5.97 Å². The van der Waals surface area contributed by atoms with Gasteiger partial charge in [0.25, 0.3) is 5.91 Å². The smallest absolute Gasteiger partial charge is 0.335 e. The molecule has 0 radical (unpaired) electrons. The molecule has 0 aliphatic carbocycles. The number of anilines is 2. The number of pyridine rings is 1. The first-order chi connectivity index (χ1) is 15.3. The van der Waals surface area contributed by atoms with E-state index in [4.69, 9.17) is 28.9 Å². The van der Waals surface area contributed by atoms with Gasteiger partial charge in [0.2, 0.25) is 0 Å². The van der Waals surface area contributed by atoms with E-state index in [0.717, 1.165) is 5.56 Å². The largest absolute Gasteiger partial charge is 0.478 e. The summed E-state index contributed by atoms with van der Waals surface area (Å²) in [7, 11) is 0. The highest BCUT2D eigenvalue weighted by atomic mass is 35.5. The molecule has 1 aliphatic heterocycles. The molecule has 0 bridgehead atoms. The molecule has 1 unspecified atom stereocenters. The van der Waals surface area contributed by atoms with Crippen LogP contribution in [0.2, 0.25) is 10.0 Å². The normalized spacial score (nSPS) is 16.1. The highest BCUT2D eigenvalue weighted by Crippen LogP contribution is 2.34. The molecule has 4 rings (SSSR count). The summed E-state index contributed by atoms with van der Waals surface area (Å²) in [4.78, 5) is 32.7.